The fraction of sp³-hybridized carbons (Fsp3) is 1.00. The van der Waals surface area contributed by atoms with Gasteiger partial charge in [0.2, 0.25) is 0 Å². The van der Waals surface area contributed by atoms with E-state index in [0.717, 1.165) is 25.8 Å². The zero-order chi connectivity index (χ0) is 5.82. The number of hydrogen-bond acceptors (Lipinski definition) is 1. The summed E-state index contributed by atoms with van der Waals surface area (Å²) < 4.78 is 0. The predicted octanol–water partition coefficient (Wildman–Crippen LogP) is 0.136. The molecule has 8 heavy (non-hydrogen) atoms. The van der Waals surface area contributed by atoms with Gasteiger partial charge in [-0.1, -0.05) is 0 Å². The second kappa shape index (κ2) is 3.05. The summed E-state index contributed by atoms with van der Waals surface area (Å²) >= 11 is 0. The molecule has 1 fully saturated rings. The lowest BCUT2D eigenvalue weighted by molar-refractivity contribution is 0.167. The van der Waals surface area contributed by atoms with Crippen molar-refractivity contribution >= 4 is 0 Å². The van der Waals surface area contributed by atoms with Crippen molar-refractivity contribution in [1.29, 1.82) is 0 Å². The molecular formula is C6H12NO. The molecule has 0 aromatic carbocycles. The van der Waals surface area contributed by atoms with Gasteiger partial charge < -0.3 is 5.11 Å². The van der Waals surface area contributed by atoms with Crippen LogP contribution in [0.5, 0.6) is 0 Å². The summed E-state index contributed by atoms with van der Waals surface area (Å²) in [6.07, 6.45) is 3.11. The Hall–Kier alpha value is -0.0800. The standard InChI is InChI=1S/C6H12NO/c8-6-3-1-2-4-7-5-6/h6,8H,1-5H2. The highest BCUT2D eigenvalue weighted by molar-refractivity contribution is 4.63. The fourth-order valence-electron chi connectivity index (χ4n) is 0.935. The van der Waals surface area contributed by atoms with Crippen molar-refractivity contribution in [3.63, 3.8) is 0 Å². The van der Waals surface area contributed by atoms with Crippen LogP contribution >= 0.6 is 0 Å². The molecule has 1 heterocycles. The normalized spacial score (nSPS) is 31.9. The van der Waals surface area contributed by atoms with Crippen molar-refractivity contribution in [2.75, 3.05) is 13.1 Å². The van der Waals surface area contributed by atoms with Crippen LogP contribution in [-0.4, -0.2) is 24.3 Å². The van der Waals surface area contributed by atoms with Gasteiger partial charge >= 0.3 is 0 Å². The monoisotopic (exact) mass is 114 g/mol. The second-order valence-electron chi connectivity index (χ2n) is 2.28. The molecule has 2 nitrogen and oxygen atoms in total. The van der Waals surface area contributed by atoms with Gasteiger partial charge in [-0.15, -0.1) is 0 Å². The Labute approximate surface area is 49.9 Å². The van der Waals surface area contributed by atoms with Crippen LogP contribution < -0.4 is 5.32 Å². The highest BCUT2D eigenvalue weighted by atomic mass is 16.3. The molecule has 1 rings (SSSR count). The van der Waals surface area contributed by atoms with Crippen LogP contribution in [0.2, 0.25) is 0 Å². The third-order valence-electron chi connectivity index (χ3n) is 1.44. The van der Waals surface area contributed by atoms with Crippen molar-refractivity contribution in [2.45, 2.75) is 25.4 Å². The van der Waals surface area contributed by atoms with Crippen molar-refractivity contribution in [1.82, 2.24) is 5.32 Å². The molecule has 1 unspecified atom stereocenters. The molecule has 1 saturated heterocycles. The first-order chi connectivity index (χ1) is 3.89. The first kappa shape index (κ1) is 6.05. The molecule has 1 atom stereocenters. The molecule has 0 aromatic rings. The number of nitrogens with zero attached hydrogens (tertiary/aromatic N) is 1. The number of aliphatic hydroxyl groups is 1. The van der Waals surface area contributed by atoms with Crippen LogP contribution in [0.1, 0.15) is 19.3 Å². The molecule has 1 aliphatic heterocycles. The lowest BCUT2D eigenvalue weighted by Gasteiger charge is -2.01. The maximum atomic E-state index is 9.00. The highest BCUT2D eigenvalue weighted by Crippen LogP contribution is 2.03. The molecule has 0 aromatic heterocycles. The van der Waals surface area contributed by atoms with Crippen LogP contribution in [0.25, 0.3) is 0 Å². The summed E-state index contributed by atoms with van der Waals surface area (Å²) in [5.41, 5.74) is 0. The Morgan fingerprint density at radius 3 is 3.12 bits per heavy atom. The van der Waals surface area contributed by atoms with E-state index in [1.54, 1.807) is 0 Å². The predicted molar refractivity (Wildman–Crippen MR) is 31.7 cm³/mol. The van der Waals surface area contributed by atoms with Crippen molar-refractivity contribution in [3.05, 3.63) is 0 Å². The van der Waals surface area contributed by atoms with E-state index >= 15 is 0 Å². The Bertz CT molecular complexity index is 57.5. The Morgan fingerprint density at radius 2 is 2.25 bits per heavy atom. The van der Waals surface area contributed by atoms with Gasteiger partial charge in [0.25, 0.3) is 0 Å². The van der Waals surface area contributed by atoms with E-state index < -0.39 is 0 Å². The van der Waals surface area contributed by atoms with Gasteiger partial charge in [0, 0.05) is 13.1 Å². The van der Waals surface area contributed by atoms with E-state index in [2.05, 4.69) is 5.32 Å². The van der Waals surface area contributed by atoms with Crippen LogP contribution in [0.4, 0.5) is 0 Å². The van der Waals surface area contributed by atoms with Crippen LogP contribution in [-0.2, 0) is 0 Å². The Balaban J connectivity index is 2.17. The molecule has 1 radical (unpaired) electrons. The minimum Gasteiger partial charge on any atom is -0.392 e. The number of hydrogen-bond donors (Lipinski definition) is 1. The van der Waals surface area contributed by atoms with Gasteiger partial charge in [0.05, 0.1) is 6.10 Å². The van der Waals surface area contributed by atoms with E-state index in [9.17, 15) is 0 Å². The average Bonchev–Trinajstić information content (AvgIpc) is 1.94. The zero-order valence-corrected chi connectivity index (χ0v) is 5.01. The topological polar surface area (TPSA) is 34.3 Å². The highest BCUT2D eigenvalue weighted by Gasteiger charge is 2.06. The van der Waals surface area contributed by atoms with Crippen LogP contribution in [0.3, 0.4) is 0 Å². The SMILES string of the molecule is OC1CCCC[N]C1. The summed E-state index contributed by atoms with van der Waals surface area (Å²) in [6, 6.07) is 0. The number of rotatable bonds is 0. The van der Waals surface area contributed by atoms with E-state index in [0.29, 0.717) is 6.54 Å². The maximum Gasteiger partial charge on any atom is 0.0681 e. The second-order valence-corrected chi connectivity index (χ2v) is 2.28. The fourth-order valence-corrected chi connectivity index (χ4v) is 0.935. The molecule has 47 valence electrons. The summed E-state index contributed by atoms with van der Waals surface area (Å²) in [4.78, 5) is 0. The molecular weight excluding hydrogens is 102 g/mol. The lowest BCUT2D eigenvalue weighted by Crippen LogP contribution is -2.17. The first-order valence-corrected chi connectivity index (χ1v) is 3.21. The lowest BCUT2D eigenvalue weighted by atomic mass is 10.2. The molecule has 0 spiro atoms. The number of aliphatic hydroxyl groups excluding tert-OH is 1. The maximum absolute atomic E-state index is 9.00. The minimum atomic E-state index is -0.141. The molecule has 0 amide bonds. The van der Waals surface area contributed by atoms with Crippen LogP contribution in [0.15, 0.2) is 0 Å². The van der Waals surface area contributed by atoms with Gasteiger partial charge in [-0.05, 0) is 19.3 Å². The molecule has 0 aliphatic carbocycles. The van der Waals surface area contributed by atoms with E-state index in [4.69, 9.17) is 5.11 Å². The quantitative estimate of drug-likeness (QED) is 0.477. The average molecular weight is 114 g/mol. The van der Waals surface area contributed by atoms with Gasteiger partial charge in [-0.3, -0.25) is 0 Å². The van der Waals surface area contributed by atoms with Gasteiger partial charge in [-0.25, -0.2) is 5.32 Å². The molecule has 0 bridgehead atoms. The zero-order valence-electron chi connectivity index (χ0n) is 5.01. The minimum absolute atomic E-state index is 0.141. The molecule has 2 heteroatoms. The summed E-state index contributed by atoms with van der Waals surface area (Å²) in [6.45, 7) is 1.62. The molecule has 0 saturated carbocycles. The van der Waals surface area contributed by atoms with E-state index in [1.807, 2.05) is 0 Å². The summed E-state index contributed by atoms with van der Waals surface area (Å²) in [5, 5.41) is 13.1. The largest absolute Gasteiger partial charge is 0.392 e. The van der Waals surface area contributed by atoms with Crippen LogP contribution in [0, 0.1) is 0 Å². The Kier molecular flexibility index (Phi) is 2.30. The van der Waals surface area contributed by atoms with Gasteiger partial charge in [-0.2, -0.15) is 0 Å². The summed E-state index contributed by atoms with van der Waals surface area (Å²) in [7, 11) is 0. The van der Waals surface area contributed by atoms with E-state index in [1.165, 1.54) is 0 Å². The van der Waals surface area contributed by atoms with Crippen molar-refractivity contribution < 1.29 is 5.11 Å². The first-order valence-electron chi connectivity index (χ1n) is 3.21. The van der Waals surface area contributed by atoms with Crippen molar-refractivity contribution in [2.24, 2.45) is 0 Å². The Morgan fingerprint density at radius 1 is 1.38 bits per heavy atom. The summed E-state index contributed by atoms with van der Waals surface area (Å²) in [5.74, 6) is 0. The third-order valence-corrected chi connectivity index (χ3v) is 1.44. The smallest absolute Gasteiger partial charge is 0.0681 e. The van der Waals surface area contributed by atoms with Gasteiger partial charge in [0.1, 0.15) is 0 Å². The molecule has 1 N–H and O–H groups in total. The van der Waals surface area contributed by atoms with E-state index in [-0.39, 0.29) is 6.10 Å². The molecule has 1 aliphatic rings. The van der Waals surface area contributed by atoms with Crippen molar-refractivity contribution in [3.8, 4) is 0 Å². The van der Waals surface area contributed by atoms with Gasteiger partial charge in [0.15, 0.2) is 0 Å². The third kappa shape index (κ3) is 1.80.